The molecule has 0 aromatic carbocycles. The van der Waals surface area contributed by atoms with E-state index in [1.54, 1.807) is 0 Å². The summed E-state index contributed by atoms with van der Waals surface area (Å²) in [6, 6.07) is 0. The van der Waals surface area contributed by atoms with Crippen molar-refractivity contribution >= 4 is 69.6 Å². The minimum absolute atomic E-state index is 0.490. The lowest BCUT2D eigenvalue weighted by molar-refractivity contribution is 0.458. The molecular formula is C12H18Cl6. The fourth-order valence-electron chi connectivity index (χ4n) is 2.16. The van der Waals surface area contributed by atoms with Crippen LogP contribution in [0.1, 0.15) is 57.8 Å². The lowest BCUT2D eigenvalue weighted by atomic mass is 9.99. The van der Waals surface area contributed by atoms with Crippen molar-refractivity contribution in [1.29, 1.82) is 0 Å². The Morgan fingerprint density at radius 3 is 1.06 bits per heavy atom. The maximum atomic E-state index is 6.29. The predicted molar refractivity (Wildman–Crippen MR) is 84.9 cm³/mol. The summed E-state index contributed by atoms with van der Waals surface area (Å²) >= 11 is 37.7. The predicted octanol–water partition coefficient (Wildman–Crippen LogP) is 7.03. The van der Waals surface area contributed by atoms with Crippen molar-refractivity contribution in [2.45, 2.75) is 70.8 Å². The molecular weight excluding hydrogens is 357 g/mol. The van der Waals surface area contributed by atoms with Crippen LogP contribution in [-0.4, -0.2) is 13.0 Å². The summed E-state index contributed by atoms with van der Waals surface area (Å²) in [5.74, 6) is 0. The van der Waals surface area contributed by atoms with E-state index >= 15 is 0 Å². The standard InChI is InChI=1S/C12H18Cl6/c13-10(14)8-6-4-2-1-3-5-7-9-11(15,16)12(10,17)18/h1-9H2. The molecule has 0 atom stereocenters. The zero-order chi connectivity index (χ0) is 13.9. The Labute approximate surface area is 140 Å². The van der Waals surface area contributed by atoms with Crippen LogP contribution in [0.2, 0.25) is 0 Å². The summed E-state index contributed by atoms with van der Waals surface area (Å²) in [6.45, 7) is 0. The van der Waals surface area contributed by atoms with Crippen molar-refractivity contribution in [3.8, 4) is 0 Å². The molecule has 6 heteroatoms. The topological polar surface area (TPSA) is 0 Å². The third-order valence-electron chi connectivity index (χ3n) is 3.40. The summed E-state index contributed by atoms with van der Waals surface area (Å²) in [6.07, 6.45) is 8.47. The van der Waals surface area contributed by atoms with Crippen LogP contribution >= 0.6 is 69.6 Å². The maximum absolute atomic E-state index is 6.29. The van der Waals surface area contributed by atoms with Gasteiger partial charge in [-0.25, -0.2) is 0 Å². The second kappa shape index (κ2) is 7.14. The molecule has 0 nitrogen and oxygen atoms in total. The van der Waals surface area contributed by atoms with Gasteiger partial charge in [0.2, 0.25) is 0 Å². The Hall–Kier alpha value is 1.74. The van der Waals surface area contributed by atoms with Gasteiger partial charge < -0.3 is 0 Å². The van der Waals surface area contributed by atoms with Gasteiger partial charge in [-0.05, 0) is 12.8 Å². The van der Waals surface area contributed by atoms with Crippen molar-refractivity contribution in [3.05, 3.63) is 0 Å². The molecule has 1 aliphatic rings. The molecule has 0 heterocycles. The van der Waals surface area contributed by atoms with Gasteiger partial charge in [0.15, 0.2) is 13.0 Å². The van der Waals surface area contributed by atoms with Gasteiger partial charge in [-0.15, -0.1) is 0 Å². The summed E-state index contributed by atoms with van der Waals surface area (Å²) in [4.78, 5) is 0. The second-order valence-electron chi connectivity index (χ2n) is 4.96. The van der Waals surface area contributed by atoms with Crippen LogP contribution in [0.15, 0.2) is 0 Å². The van der Waals surface area contributed by atoms with Crippen LogP contribution in [0.3, 0.4) is 0 Å². The number of rotatable bonds is 0. The van der Waals surface area contributed by atoms with E-state index < -0.39 is 13.0 Å². The van der Waals surface area contributed by atoms with E-state index in [2.05, 4.69) is 0 Å². The first-order valence-electron chi connectivity index (χ1n) is 6.34. The lowest BCUT2D eigenvalue weighted by Crippen LogP contribution is -2.49. The van der Waals surface area contributed by atoms with Crippen LogP contribution in [0.25, 0.3) is 0 Å². The maximum Gasteiger partial charge on any atom is 0.183 e. The molecule has 0 N–H and O–H groups in total. The highest BCUT2D eigenvalue weighted by Gasteiger charge is 2.59. The molecule has 0 aliphatic heterocycles. The zero-order valence-corrected chi connectivity index (χ0v) is 14.7. The average molecular weight is 375 g/mol. The first kappa shape index (κ1) is 17.8. The van der Waals surface area contributed by atoms with E-state index in [0.29, 0.717) is 12.8 Å². The Balaban J connectivity index is 2.83. The molecule has 0 aromatic rings. The number of hydrogen-bond acceptors (Lipinski definition) is 0. The van der Waals surface area contributed by atoms with Gasteiger partial charge in [0.25, 0.3) is 0 Å². The molecule has 108 valence electrons. The van der Waals surface area contributed by atoms with E-state index in [-0.39, 0.29) is 0 Å². The SMILES string of the molecule is ClC1(Cl)CCCCCCCCCC(Cl)(Cl)C1(Cl)Cl. The fourth-order valence-corrected chi connectivity index (χ4v) is 3.91. The van der Waals surface area contributed by atoms with Crippen LogP contribution in [-0.2, 0) is 0 Å². The highest BCUT2D eigenvalue weighted by Crippen LogP contribution is 2.57. The molecule has 0 saturated heterocycles. The molecule has 1 saturated carbocycles. The number of halogens is 6. The van der Waals surface area contributed by atoms with E-state index in [9.17, 15) is 0 Å². The largest absolute Gasteiger partial charge is 0.183 e. The molecule has 0 radical (unpaired) electrons. The quantitative estimate of drug-likeness (QED) is 0.399. The zero-order valence-electron chi connectivity index (χ0n) is 10.1. The highest BCUT2D eigenvalue weighted by atomic mass is 35.5. The van der Waals surface area contributed by atoms with Crippen molar-refractivity contribution in [1.82, 2.24) is 0 Å². The Bertz CT molecular complexity index is 237. The van der Waals surface area contributed by atoms with Crippen molar-refractivity contribution in [2.75, 3.05) is 0 Å². The van der Waals surface area contributed by atoms with E-state index in [0.717, 1.165) is 25.7 Å². The Kier molecular flexibility index (Phi) is 7.06. The van der Waals surface area contributed by atoms with E-state index in [4.69, 9.17) is 69.6 Å². The molecule has 0 aromatic heterocycles. The molecule has 1 aliphatic carbocycles. The summed E-state index contributed by atoms with van der Waals surface area (Å²) < 4.78 is -4.25. The van der Waals surface area contributed by atoms with Crippen LogP contribution in [0, 0.1) is 0 Å². The van der Waals surface area contributed by atoms with E-state index in [1.807, 2.05) is 0 Å². The minimum atomic E-state index is -1.58. The summed E-state index contributed by atoms with van der Waals surface area (Å²) in [7, 11) is 0. The van der Waals surface area contributed by atoms with Crippen molar-refractivity contribution < 1.29 is 0 Å². The van der Waals surface area contributed by atoms with Crippen molar-refractivity contribution in [2.24, 2.45) is 0 Å². The van der Waals surface area contributed by atoms with Crippen LogP contribution < -0.4 is 0 Å². The summed E-state index contributed by atoms with van der Waals surface area (Å²) in [5.41, 5.74) is 0. The molecule has 18 heavy (non-hydrogen) atoms. The molecule has 0 bridgehead atoms. The molecule has 0 unspecified atom stereocenters. The fraction of sp³-hybridized carbons (Fsp3) is 1.00. The van der Waals surface area contributed by atoms with Gasteiger partial charge in [0.05, 0.1) is 0 Å². The van der Waals surface area contributed by atoms with Crippen LogP contribution in [0.4, 0.5) is 0 Å². The molecule has 0 spiro atoms. The number of alkyl halides is 6. The second-order valence-corrected chi connectivity index (χ2v) is 9.25. The number of hydrogen-bond donors (Lipinski definition) is 0. The van der Waals surface area contributed by atoms with Gasteiger partial charge in [-0.3, -0.25) is 0 Å². The molecule has 1 rings (SSSR count). The third-order valence-corrected chi connectivity index (χ3v) is 7.35. The normalized spacial score (nSPS) is 29.0. The third kappa shape index (κ3) is 4.37. The first-order valence-corrected chi connectivity index (χ1v) is 8.61. The lowest BCUT2D eigenvalue weighted by Gasteiger charge is -2.41. The molecule has 1 fully saturated rings. The van der Waals surface area contributed by atoms with Crippen LogP contribution in [0.5, 0.6) is 0 Å². The minimum Gasteiger partial charge on any atom is -0.0982 e. The smallest absolute Gasteiger partial charge is 0.0982 e. The Morgan fingerprint density at radius 2 is 0.722 bits per heavy atom. The first-order chi connectivity index (χ1) is 8.21. The van der Waals surface area contributed by atoms with Gasteiger partial charge >= 0.3 is 0 Å². The Morgan fingerprint density at radius 1 is 0.444 bits per heavy atom. The summed E-state index contributed by atoms with van der Waals surface area (Å²) in [5, 5.41) is 0. The van der Waals surface area contributed by atoms with Gasteiger partial charge in [-0.2, -0.15) is 0 Å². The monoisotopic (exact) mass is 372 g/mol. The molecule has 0 amide bonds. The van der Waals surface area contributed by atoms with Crippen molar-refractivity contribution in [3.63, 3.8) is 0 Å². The van der Waals surface area contributed by atoms with E-state index in [1.165, 1.54) is 19.3 Å². The van der Waals surface area contributed by atoms with Gasteiger partial charge in [0.1, 0.15) is 0 Å². The highest BCUT2D eigenvalue weighted by molar-refractivity contribution is 6.69. The average Bonchev–Trinajstić information content (AvgIpc) is 2.25. The van der Waals surface area contributed by atoms with Gasteiger partial charge in [-0.1, -0.05) is 115 Å². The van der Waals surface area contributed by atoms with Gasteiger partial charge in [0, 0.05) is 0 Å².